The van der Waals surface area contributed by atoms with E-state index in [0.717, 1.165) is 14.7 Å². The summed E-state index contributed by atoms with van der Waals surface area (Å²) in [6.45, 7) is 1.54. The molecule has 1 unspecified atom stereocenters. The fourth-order valence-electron chi connectivity index (χ4n) is 2.61. The van der Waals surface area contributed by atoms with Gasteiger partial charge in [-0.15, -0.1) is 11.3 Å². The molecular weight excluding hydrogens is 336 g/mol. The second-order valence-corrected chi connectivity index (χ2v) is 6.97. The second kappa shape index (κ2) is 5.92. The van der Waals surface area contributed by atoms with Crippen LogP contribution in [0.2, 0.25) is 4.34 Å². The van der Waals surface area contributed by atoms with Gasteiger partial charge in [-0.2, -0.15) is 0 Å². The zero-order chi connectivity index (χ0) is 15.8. The number of carbonyl (C=O) groups excluding carboxylic acids is 1. The number of nitrogens with zero attached hydrogens (tertiary/aromatic N) is 3. The Kier molecular flexibility index (Phi) is 3.76. The Labute approximate surface area is 141 Å². The van der Waals surface area contributed by atoms with Crippen LogP contribution in [-0.2, 0) is 4.74 Å². The first-order chi connectivity index (χ1) is 11.2. The number of imidazole rings is 1. The molecule has 1 amide bonds. The Hall–Kier alpha value is -1.96. The molecule has 1 N–H and O–H groups in total. The Bertz CT molecular complexity index is 862. The number of pyridine rings is 1. The summed E-state index contributed by atoms with van der Waals surface area (Å²) >= 11 is 7.46. The number of carbonyl (C=O) groups is 1. The second-order valence-electron chi connectivity index (χ2n) is 5.22. The van der Waals surface area contributed by atoms with Gasteiger partial charge in [-0.05, 0) is 24.3 Å². The smallest absolute Gasteiger partial charge is 0.272 e. The summed E-state index contributed by atoms with van der Waals surface area (Å²) in [4.78, 5) is 26.9. The SMILES string of the molecule is O=C(c1ccc2[nH]cnc2n1)N1CCOC(c2ccc(Cl)s2)C1. The number of rotatable bonds is 2. The summed E-state index contributed by atoms with van der Waals surface area (Å²) < 4.78 is 6.49. The summed E-state index contributed by atoms with van der Waals surface area (Å²) in [6, 6.07) is 7.33. The molecule has 0 radical (unpaired) electrons. The maximum absolute atomic E-state index is 12.7. The molecule has 4 rings (SSSR count). The molecule has 0 saturated carbocycles. The zero-order valence-electron chi connectivity index (χ0n) is 12.0. The Morgan fingerprint density at radius 3 is 3.13 bits per heavy atom. The molecule has 1 aliphatic rings. The van der Waals surface area contributed by atoms with Gasteiger partial charge in [-0.3, -0.25) is 4.79 Å². The van der Waals surface area contributed by atoms with E-state index in [2.05, 4.69) is 15.0 Å². The molecular formula is C15H13ClN4O2S. The first-order valence-corrected chi connectivity index (χ1v) is 8.36. The third-order valence-electron chi connectivity index (χ3n) is 3.77. The van der Waals surface area contributed by atoms with E-state index in [9.17, 15) is 4.79 Å². The highest BCUT2D eigenvalue weighted by atomic mass is 35.5. The number of hydrogen-bond acceptors (Lipinski definition) is 5. The summed E-state index contributed by atoms with van der Waals surface area (Å²) in [6.07, 6.45) is 1.43. The molecule has 3 aromatic rings. The van der Waals surface area contributed by atoms with E-state index < -0.39 is 0 Å². The number of hydrogen-bond donors (Lipinski definition) is 1. The number of ether oxygens (including phenoxy) is 1. The van der Waals surface area contributed by atoms with Gasteiger partial charge in [0.05, 0.1) is 29.3 Å². The van der Waals surface area contributed by atoms with E-state index >= 15 is 0 Å². The van der Waals surface area contributed by atoms with Crippen LogP contribution in [-0.4, -0.2) is 45.5 Å². The average Bonchev–Trinajstić information content (AvgIpc) is 3.22. The first-order valence-electron chi connectivity index (χ1n) is 7.17. The highest BCUT2D eigenvalue weighted by Crippen LogP contribution is 2.31. The lowest BCUT2D eigenvalue weighted by molar-refractivity contribution is -0.0213. The molecule has 118 valence electrons. The molecule has 0 bridgehead atoms. The van der Waals surface area contributed by atoms with Crippen molar-refractivity contribution in [3.8, 4) is 0 Å². The van der Waals surface area contributed by atoms with Gasteiger partial charge < -0.3 is 14.6 Å². The largest absolute Gasteiger partial charge is 0.369 e. The van der Waals surface area contributed by atoms with Gasteiger partial charge in [-0.1, -0.05) is 11.6 Å². The van der Waals surface area contributed by atoms with Crippen molar-refractivity contribution in [2.45, 2.75) is 6.10 Å². The van der Waals surface area contributed by atoms with Crippen LogP contribution in [0.1, 0.15) is 21.5 Å². The molecule has 1 saturated heterocycles. The summed E-state index contributed by atoms with van der Waals surface area (Å²) in [7, 11) is 0. The molecule has 4 heterocycles. The monoisotopic (exact) mass is 348 g/mol. The van der Waals surface area contributed by atoms with E-state index in [1.807, 2.05) is 18.2 Å². The van der Waals surface area contributed by atoms with Gasteiger partial charge in [0.25, 0.3) is 5.91 Å². The lowest BCUT2D eigenvalue weighted by Crippen LogP contribution is -2.42. The summed E-state index contributed by atoms with van der Waals surface area (Å²) in [5.41, 5.74) is 1.76. The van der Waals surface area contributed by atoms with Crippen molar-refractivity contribution in [2.75, 3.05) is 19.7 Å². The summed E-state index contributed by atoms with van der Waals surface area (Å²) in [5.74, 6) is -0.106. The van der Waals surface area contributed by atoms with Crippen molar-refractivity contribution < 1.29 is 9.53 Å². The Balaban J connectivity index is 1.55. The molecule has 8 heteroatoms. The van der Waals surface area contributed by atoms with Crippen LogP contribution < -0.4 is 0 Å². The van der Waals surface area contributed by atoms with Crippen LogP contribution in [0.3, 0.4) is 0 Å². The number of thiophene rings is 1. The van der Waals surface area contributed by atoms with E-state index in [1.54, 1.807) is 17.3 Å². The average molecular weight is 349 g/mol. The van der Waals surface area contributed by atoms with Gasteiger partial charge in [-0.25, -0.2) is 9.97 Å². The minimum absolute atomic E-state index is 0.106. The molecule has 0 aliphatic carbocycles. The van der Waals surface area contributed by atoms with Crippen molar-refractivity contribution in [1.82, 2.24) is 19.9 Å². The molecule has 0 spiro atoms. The fourth-order valence-corrected chi connectivity index (χ4v) is 3.71. The fraction of sp³-hybridized carbons (Fsp3) is 0.267. The molecule has 1 atom stereocenters. The van der Waals surface area contributed by atoms with Crippen LogP contribution in [0, 0.1) is 0 Å². The maximum atomic E-state index is 12.7. The normalized spacial score (nSPS) is 18.5. The van der Waals surface area contributed by atoms with E-state index in [-0.39, 0.29) is 12.0 Å². The topological polar surface area (TPSA) is 71.1 Å². The van der Waals surface area contributed by atoms with Crippen molar-refractivity contribution in [2.24, 2.45) is 0 Å². The van der Waals surface area contributed by atoms with E-state index in [1.165, 1.54) is 11.3 Å². The Morgan fingerprint density at radius 2 is 2.30 bits per heavy atom. The minimum Gasteiger partial charge on any atom is -0.369 e. The number of morpholine rings is 1. The molecule has 1 aliphatic heterocycles. The molecule has 0 aromatic carbocycles. The predicted molar refractivity (Wildman–Crippen MR) is 87.8 cm³/mol. The number of halogens is 1. The minimum atomic E-state index is -0.140. The number of aromatic nitrogens is 3. The van der Waals surface area contributed by atoms with Crippen LogP contribution in [0.5, 0.6) is 0 Å². The third-order valence-corrected chi connectivity index (χ3v) is 5.09. The highest BCUT2D eigenvalue weighted by molar-refractivity contribution is 7.16. The van der Waals surface area contributed by atoms with Gasteiger partial charge in [0.1, 0.15) is 11.8 Å². The van der Waals surface area contributed by atoms with Gasteiger partial charge in [0.2, 0.25) is 0 Å². The van der Waals surface area contributed by atoms with Crippen LogP contribution >= 0.6 is 22.9 Å². The quantitative estimate of drug-likeness (QED) is 0.773. The van der Waals surface area contributed by atoms with Gasteiger partial charge in [0.15, 0.2) is 5.65 Å². The number of amides is 1. The maximum Gasteiger partial charge on any atom is 0.272 e. The molecule has 6 nitrogen and oxygen atoms in total. The number of nitrogens with one attached hydrogen (secondary N) is 1. The molecule has 23 heavy (non-hydrogen) atoms. The van der Waals surface area contributed by atoms with Crippen LogP contribution in [0.4, 0.5) is 0 Å². The van der Waals surface area contributed by atoms with Crippen molar-refractivity contribution in [3.63, 3.8) is 0 Å². The van der Waals surface area contributed by atoms with Gasteiger partial charge in [0, 0.05) is 11.4 Å². The van der Waals surface area contributed by atoms with Crippen LogP contribution in [0.15, 0.2) is 30.6 Å². The van der Waals surface area contributed by atoms with Crippen LogP contribution in [0.25, 0.3) is 11.2 Å². The standard InChI is InChI=1S/C15H13ClN4O2S/c16-13-4-3-12(23-13)11-7-20(5-6-22-11)15(21)10-2-1-9-14(19-10)18-8-17-9/h1-4,8,11H,5-7H2,(H,17,18,19). The number of H-pyrrole nitrogens is 1. The summed E-state index contributed by atoms with van der Waals surface area (Å²) in [5, 5.41) is 0. The number of aromatic amines is 1. The van der Waals surface area contributed by atoms with Crippen molar-refractivity contribution in [1.29, 1.82) is 0 Å². The predicted octanol–water partition coefficient (Wildman–Crippen LogP) is 2.89. The first kappa shape index (κ1) is 14.6. The lowest BCUT2D eigenvalue weighted by Gasteiger charge is -2.32. The van der Waals surface area contributed by atoms with E-state index in [0.29, 0.717) is 31.0 Å². The van der Waals surface area contributed by atoms with Crippen molar-refractivity contribution in [3.05, 3.63) is 45.5 Å². The number of fused-ring (bicyclic) bond motifs is 1. The third kappa shape index (κ3) is 2.83. The van der Waals surface area contributed by atoms with E-state index in [4.69, 9.17) is 16.3 Å². The van der Waals surface area contributed by atoms with Crippen molar-refractivity contribution >= 4 is 40.0 Å². The molecule has 1 fully saturated rings. The lowest BCUT2D eigenvalue weighted by atomic mass is 10.2. The zero-order valence-corrected chi connectivity index (χ0v) is 13.6. The molecule has 3 aromatic heterocycles. The highest BCUT2D eigenvalue weighted by Gasteiger charge is 2.27. The Morgan fingerprint density at radius 1 is 1.39 bits per heavy atom. The van der Waals surface area contributed by atoms with Gasteiger partial charge >= 0.3 is 0 Å².